The molecule has 2 fully saturated rings. The Labute approximate surface area is 79.7 Å². The van der Waals surface area contributed by atoms with Gasteiger partial charge in [-0.15, -0.1) is 0 Å². The van der Waals surface area contributed by atoms with Crippen LogP contribution in [-0.2, 0) is 0 Å². The van der Waals surface area contributed by atoms with Crippen LogP contribution < -0.4 is 5.32 Å². The molecule has 1 N–H and O–H groups in total. The number of thioether (sulfide) groups is 1. The number of hydrogen-bond donors (Lipinski definition) is 1. The molecule has 0 amide bonds. The molecule has 2 atom stereocenters. The van der Waals surface area contributed by atoms with Gasteiger partial charge in [0.25, 0.3) is 0 Å². The number of rotatable bonds is 4. The van der Waals surface area contributed by atoms with Gasteiger partial charge in [0, 0.05) is 17.3 Å². The van der Waals surface area contributed by atoms with Crippen LogP contribution >= 0.6 is 11.8 Å². The molecular formula is C10H19NS. The second-order valence-corrected chi connectivity index (χ2v) is 5.49. The zero-order chi connectivity index (χ0) is 8.39. The highest BCUT2D eigenvalue weighted by Crippen LogP contribution is 2.32. The lowest BCUT2D eigenvalue weighted by atomic mass is 10.2. The molecule has 2 aliphatic carbocycles. The summed E-state index contributed by atoms with van der Waals surface area (Å²) in [5.74, 6) is 1.29. The minimum absolute atomic E-state index is 0.849. The maximum atomic E-state index is 3.77. The molecule has 0 aliphatic heterocycles. The highest BCUT2D eigenvalue weighted by molar-refractivity contribution is 7.99. The second kappa shape index (κ2) is 4.01. The van der Waals surface area contributed by atoms with Gasteiger partial charge in [-0.1, -0.05) is 13.3 Å². The fraction of sp³-hybridized carbons (Fsp3) is 1.00. The molecule has 0 spiro atoms. The first kappa shape index (κ1) is 8.89. The third-order valence-electron chi connectivity index (χ3n) is 2.86. The summed E-state index contributed by atoms with van der Waals surface area (Å²) in [6.07, 6.45) is 7.18. The molecule has 2 saturated carbocycles. The van der Waals surface area contributed by atoms with Crippen molar-refractivity contribution in [2.24, 2.45) is 0 Å². The molecule has 1 nitrogen and oxygen atoms in total. The van der Waals surface area contributed by atoms with Gasteiger partial charge < -0.3 is 5.32 Å². The van der Waals surface area contributed by atoms with E-state index in [-0.39, 0.29) is 0 Å². The summed E-state index contributed by atoms with van der Waals surface area (Å²) in [6, 6.07) is 1.75. The maximum absolute atomic E-state index is 3.77. The van der Waals surface area contributed by atoms with Gasteiger partial charge >= 0.3 is 0 Å². The smallest absolute Gasteiger partial charge is 0.0201 e. The lowest BCUT2D eigenvalue weighted by molar-refractivity contribution is 0.529. The van der Waals surface area contributed by atoms with E-state index in [0.717, 1.165) is 17.3 Å². The Morgan fingerprint density at radius 3 is 2.75 bits per heavy atom. The monoisotopic (exact) mass is 185 g/mol. The van der Waals surface area contributed by atoms with Crippen molar-refractivity contribution < 1.29 is 0 Å². The summed E-state index contributed by atoms with van der Waals surface area (Å²) in [7, 11) is 0. The van der Waals surface area contributed by atoms with Crippen molar-refractivity contribution in [2.45, 2.75) is 56.4 Å². The number of hydrogen-bond acceptors (Lipinski definition) is 2. The quantitative estimate of drug-likeness (QED) is 0.722. The maximum Gasteiger partial charge on any atom is 0.0201 e. The molecule has 0 heterocycles. The van der Waals surface area contributed by atoms with E-state index in [1.165, 1.54) is 37.9 Å². The van der Waals surface area contributed by atoms with Gasteiger partial charge in [-0.05, 0) is 31.4 Å². The molecular weight excluding hydrogens is 166 g/mol. The molecule has 0 aromatic carbocycles. The van der Waals surface area contributed by atoms with Crippen molar-refractivity contribution in [3.05, 3.63) is 0 Å². The minimum atomic E-state index is 0.849. The van der Waals surface area contributed by atoms with E-state index in [1.54, 1.807) is 0 Å². The Bertz CT molecular complexity index is 145. The molecule has 0 bridgehead atoms. The normalized spacial score (nSPS) is 35.8. The molecule has 2 aliphatic rings. The molecule has 70 valence electrons. The van der Waals surface area contributed by atoms with Crippen molar-refractivity contribution in [2.75, 3.05) is 5.75 Å². The summed E-state index contributed by atoms with van der Waals surface area (Å²) in [4.78, 5) is 0. The van der Waals surface area contributed by atoms with Crippen molar-refractivity contribution in [3.63, 3.8) is 0 Å². The predicted octanol–water partition coefficient (Wildman–Crippen LogP) is 2.41. The van der Waals surface area contributed by atoms with Crippen LogP contribution in [0.5, 0.6) is 0 Å². The third-order valence-corrected chi connectivity index (χ3v) is 4.19. The molecule has 2 rings (SSSR count). The lowest BCUT2D eigenvalue weighted by Gasteiger charge is -2.19. The zero-order valence-corrected chi connectivity index (χ0v) is 8.70. The summed E-state index contributed by atoms with van der Waals surface area (Å²) in [6.45, 7) is 2.27. The van der Waals surface area contributed by atoms with Gasteiger partial charge in [0.2, 0.25) is 0 Å². The van der Waals surface area contributed by atoms with E-state index in [2.05, 4.69) is 24.0 Å². The largest absolute Gasteiger partial charge is 0.310 e. The fourth-order valence-electron chi connectivity index (χ4n) is 2.08. The average Bonchev–Trinajstić information content (AvgIpc) is 2.76. The Balaban J connectivity index is 1.76. The van der Waals surface area contributed by atoms with Crippen LogP contribution in [0.3, 0.4) is 0 Å². The van der Waals surface area contributed by atoms with Crippen LogP contribution in [0.15, 0.2) is 0 Å². The van der Waals surface area contributed by atoms with Crippen molar-refractivity contribution in [3.8, 4) is 0 Å². The van der Waals surface area contributed by atoms with E-state index in [9.17, 15) is 0 Å². The van der Waals surface area contributed by atoms with Crippen molar-refractivity contribution >= 4 is 11.8 Å². The summed E-state index contributed by atoms with van der Waals surface area (Å²) in [5, 5.41) is 4.69. The fourth-order valence-corrected chi connectivity index (χ4v) is 3.29. The Hall–Kier alpha value is 0.310. The van der Waals surface area contributed by atoms with Crippen molar-refractivity contribution in [1.29, 1.82) is 0 Å². The van der Waals surface area contributed by atoms with E-state index in [0.29, 0.717) is 0 Å². The van der Waals surface area contributed by atoms with Gasteiger partial charge in [0.15, 0.2) is 0 Å². The van der Waals surface area contributed by atoms with Gasteiger partial charge in [-0.2, -0.15) is 11.8 Å². The highest BCUT2D eigenvalue weighted by atomic mass is 32.2. The number of nitrogens with one attached hydrogen (secondary N) is 1. The van der Waals surface area contributed by atoms with E-state index in [4.69, 9.17) is 0 Å². The molecule has 0 saturated heterocycles. The Kier molecular flexibility index (Phi) is 2.97. The first-order valence-corrected chi connectivity index (χ1v) is 6.32. The van der Waals surface area contributed by atoms with Gasteiger partial charge in [0.1, 0.15) is 0 Å². The average molecular weight is 185 g/mol. The molecule has 12 heavy (non-hydrogen) atoms. The SMILES string of the molecule is CCSC1CCCC1NC1CC1. The molecule has 0 aromatic heterocycles. The van der Waals surface area contributed by atoms with Crippen LogP contribution in [0.1, 0.15) is 39.0 Å². The van der Waals surface area contributed by atoms with Crippen LogP contribution in [0, 0.1) is 0 Å². The highest BCUT2D eigenvalue weighted by Gasteiger charge is 2.32. The van der Waals surface area contributed by atoms with E-state index in [1.807, 2.05) is 0 Å². The predicted molar refractivity (Wildman–Crippen MR) is 55.7 cm³/mol. The Morgan fingerprint density at radius 2 is 2.08 bits per heavy atom. The van der Waals surface area contributed by atoms with Crippen LogP contribution in [-0.4, -0.2) is 23.1 Å². The molecule has 2 unspecified atom stereocenters. The van der Waals surface area contributed by atoms with E-state index >= 15 is 0 Å². The van der Waals surface area contributed by atoms with Gasteiger partial charge in [-0.3, -0.25) is 0 Å². The summed E-state index contributed by atoms with van der Waals surface area (Å²) >= 11 is 2.15. The van der Waals surface area contributed by atoms with E-state index < -0.39 is 0 Å². The lowest BCUT2D eigenvalue weighted by Crippen LogP contribution is -2.35. The standard InChI is InChI=1S/C10H19NS/c1-2-12-10-5-3-4-9(10)11-8-6-7-8/h8-11H,2-7H2,1H3. The summed E-state index contributed by atoms with van der Waals surface area (Å²) in [5.41, 5.74) is 0. The third kappa shape index (κ3) is 2.17. The minimum Gasteiger partial charge on any atom is -0.310 e. The van der Waals surface area contributed by atoms with Crippen LogP contribution in [0.2, 0.25) is 0 Å². The summed E-state index contributed by atoms with van der Waals surface area (Å²) < 4.78 is 0. The van der Waals surface area contributed by atoms with Crippen LogP contribution in [0.4, 0.5) is 0 Å². The van der Waals surface area contributed by atoms with Crippen LogP contribution in [0.25, 0.3) is 0 Å². The second-order valence-electron chi connectivity index (χ2n) is 3.97. The van der Waals surface area contributed by atoms with Crippen molar-refractivity contribution in [1.82, 2.24) is 5.32 Å². The van der Waals surface area contributed by atoms with Gasteiger partial charge in [0.05, 0.1) is 0 Å². The molecule has 0 radical (unpaired) electrons. The molecule has 2 heteroatoms. The van der Waals surface area contributed by atoms with Gasteiger partial charge in [-0.25, -0.2) is 0 Å². The Morgan fingerprint density at radius 1 is 1.25 bits per heavy atom. The first-order chi connectivity index (χ1) is 5.90. The molecule has 0 aromatic rings. The zero-order valence-electron chi connectivity index (χ0n) is 7.88. The topological polar surface area (TPSA) is 12.0 Å². The first-order valence-electron chi connectivity index (χ1n) is 5.28.